The molecule has 4 heteroatoms. The molecule has 1 aromatic rings. The highest BCUT2D eigenvalue weighted by Gasteiger charge is 2.57. The zero-order valence-electron chi connectivity index (χ0n) is 14.9. The van der Waals surface area contributed by atoms with E-state index in [1.54, 1.807) is 0 Å². The van der Waals surface area contributed by atoms with Crippen LogP contribution in [0.25, 0.3) is 6.08 Å². The molecule has 2 saturated heterocycles. The van der Waals surface area contributed by atoms with E-state index in [0.29, 0.717) is 11.8 Å². The van der Waals surface area contributed by atoms with E-state index >= 15 is 0 Å². The van der Waals surface area contributed by atoms with Gasteiger partial charge in [0.1, 0.15) is 0 Å². The van der Waals surface area contributed by atoms with Gasteiger partial charge >= 0.3 is 6.09 Å². The summed E-state index contributed by atoms with van der Waals surface area (Å²) in [7, 11) is 1.48. The molecule has 132 valence electrons. The van der Waals surface area contributed by atoms with Crippen LogP contribution in [0.2, 0.25) is 0 Å². The highest BCUT2D eigenvalue weighted by Crippen LogP contribution is 2.52. The standard InChI is InChI=1S/C21H26N2O2/c1-25-20(24)23-13-17-16(18(17)14-23)12-22-10-8-21(9-11-22)7-6-15-4-2-3-5-19(15)21/h2-7,16-18H,8-14H2,1H3/t16?,17-,18+. The Morgan fingerprint density at radius 2 is 1.92 bits per heavy atom. The van der Waals surface area contributed by atoms with Gasteiger partial charge in [-0.3, -0.25) is 0 Å². The van der Waals surface area contributed by atoms with Gasteiger partial charge in [0.05, 0.1) is 7.11 Å². The third-order valence-electron chi connectivity index (χ3n) is 7.10. The molecule has 0 aromatic heterocycles. The molecule has 1 saturated carbocycles. The van der Waals surface area contributed by atoms with Gasteiger partial charge in [-0.15, -0.1) is 0 Å². The van der Waals surface area contributed by atoms with E-state index in [-0.39, 0.29) is 11.5 Å². The maximum absolute atomic E-state index is 11.6. The molecule has 2 aliphatic heterocycles. The molecule has 5 rings (SSSR count). The molecule has 2 heterocycles. The third kappa shape index (κ3) is 2.42. The Bertz CT molecular complexity index is 708. The normalized spacial score (nSPS) is 31.9. The fourth-order valence-corrected chi connectivity index (χ4v) is 5.50. The fraction of sp³-hybridized carbons (Fsp3) is 0.571. The van der Waals surface area contributed by atoms with E-state index in [0.717, 1.165) is 19.0 Å². The van der Waals surface area contributed by atoms with Crippen LogP contribution in [0.15, 0.2) is 30.3 Å². The number of hydrogen-bond donors (Lipinski definition) is 0. The number of nitrogens with zero attached hydrogens (tertiary/aromatic N) is 2. The minimum atomic E-state index is -0.155. The minimum Gasteiger partial charge on any atom is -0.453 e. The lowest BCUT2D eigenvalue weighted by atomic mass is 9.74. The summed E-state index contributed by atoms with van der Waals surface area (Å²) in [4.78, 5) is 16.1. The highest BCUT2D eigenvalue weighted by atomic mass is 16.5. The zero-order valence-corrected chi connectivity index (χ0v) is 14.9. The van der Waals surface area contributed by atoms with Crippen molar-refractivity contribution in [2.45, 2.75) is 18.3 Å². The van der Waals surface area contributed by atoms with Crippen LogP contribution in [0.1, 0.15) is 24.0 Å². The maximum atomic E-state index is 11.6. The molecule has 3 atom stereocenters. The lowest BCUT2D eigenvalue weighted by Gasteiger charge is -2.39. The number of carbonyl (C=O) groups excluding carboxylic acids is 1. The molecule has 4 nitrogen and oxygen atoms in total. The molecule has 0 N–H and O–H groups in total. The predicted octanol–water partition coefficient (Wildman–Crippen LogP) is 2.99. The summed E-state index contributed by atoms with van der Waals surface area (Å²) >= 11 is 0. The van der Waals surface area contributed by atoms with Crippen molar-refractivity contribution in [1.82, 2.24) is 9.80 Å². The summed E-state index contributed by atoms with van der Waals surface area (Å²) in [5, 5.41) is 0. The number of benzene rings is 1. The van der Waals surface area contributed by atoms with Crippen LogP contribution >= 0.6 is 0 Å². The van der Waals surface area contributed by atoms with Gasteiger partial charge in [-0.1, -0.05) is 36.4 Å². The Balaban J connectivity index is 1.16. The van der Waals surface area contributed by atoms with E-state index < -0.39 is 0 Å². The average molecular weight is 338 g/mol. The van der Waals surface area contributed by atoms with Gasteiger partial charge in [-0.2, -0.15) is 0 Å². The smallest absolute Gasteiger partial charge is 0.409 e. The number of amides is 1. The molecule has 2 aliphatic carbocycles. The number of likely N-dealkylation sites (tertiary alicyclic amines) is 2. The average Bonchev–Trinajstić information content (AvgIpc) is 3.01. The van der Waals surface area contributed by atoms with Gasteiger partial charge in [0.2, 0.25) is 0 Å². The molecule has 3 fully saturated rings. The van der Waals surface area contributed by atoms with Crippen LogP contribution in [-0.2, 0) is 10.2 Å². The summed E-state index contributed by atoms with van der Waals surface area (Å²) in [5.41, 5.74) is 3.23. The quantitative estimate of drug-likeness (QED) is 0.831. The Hall–Kier alpha value is -1.81. The SMILES string of the molecule is COC(=O)N1C[C@@H]2C(CN3CCC4(C=Cc5ccccc54)CC3)[C@@H]2C1. The van der Waals surface area contributed by atoms with E-state index in [2.05, 4.69) is 41.3 Å². The van der Waals surface area contributed by atoms with Crippen molar-refractivity contribution in [3.63, 3.8) is 0 Å². The fourth-order valence-electron chi connectivity index (χ4n) is 5.50. The number of fused-ring (bicyclic) bond motifs is 3. The number of ether oxygens (including phenoxy) is 1. The topological polar surface area (TPSA) is 32.8 Å². The Morgan fingerprint density at radius 1 is 1.20 bits per heavy atom. The van der Waals surface area contributed by atoms with Gasteiger partial charge < -0.3 is 14.5 Å². The first-order valence-electron chi connectivity index (χ1n) is 9.54. The Kier molecular flexibility index (Phi) is 3.46. The largest absolute Gasteiger partial charge is 0.453 e. The van der Waals surface area contributed by atoms with E-state index in [1.165, 1.54) is 50.7 Å². The van der Waals surface area contributed by atoms with Crippen molar-refractivity contribution in [2.24, 2.45) is 17.8 Å². The second-order valence-electron chi connectivity index (χ2n) is 8.24. The van der Waals surface area contributed by atoms with Crippen molar-refractivity contribution < 1.29 is 9.53 Å². The number of rotatable bonds is 2. The van der Waals surface area contributed by atoms with Gasteiger partial charge in [-0.05, 0) is 54.8 Å². The van der Waals surface area contributed by atoms with Crippen molar-refractivity contribution in [3.05, 3.63) is 41.5 Å². The third-order valence-corrected chi connectivity index (χ3v) is 7.10. The highest BCUT2D eigenvalue weighted by molar-refractivity contribution is 5.68. The lowest BCUT2D eigenvalue weighted by Crippen LogP contribution is -2.42. The first kappa shape index (κ1) is 15.4. The number of hydrogen-bond acceptors (Lipinski definition) is 3. The van der Waals surface area contributed by atoms with Crippen LogP contribution in [0.4, 0.5) is 4.79 Å². The van der Waals surface area contributed by atoms with Gasteiger partial charge in [0, 0.05) is 25.0 Å². The first-order chi connectivity index (χ1) is 12.2. The molecule has 0 bridgehead atoms. The molecular formula is C21H26N2O2. The maximum Gasteiger partial charge on any atom is 0.409 e. The van der Waals surface area contributed by atoms with Gasteiger partial charge in [0.15, 0.2) is 0 Å². The Labute approximate surface area is 149 Å². The van der Waals surface area contributed by atoms with Crippen LogP contribution in [0.3, 0.4) is 0 Å². The van der Waals surface area contributed by atoms with E-state index in [1.807, 2.05) is 4.90 Å². The second kappa shape index (κ2) is 5.60. The van der Waals surface area contributed by atoms with Crippen molar-refractivity contribution >= 4 is 12.2 Å². The van der Waals surface area contributed by atoms with E-state index in [9.17, 15) is 4.79 Å². The summed E-state index contributed by atoms with van der Waals surface area (Å²) in [5.74, 6) is 2.21. The summed E-state index contributed by atoms with van der Waals surface area (Å²) in [6, 6.07) is 8.88. The molecule has 1 spiro atoms. The van der Waals surface area contributed by atoms with Crippen LogP contribution in [0.5, 0.6) is 0 Å². The van der Waals surface area contributed by atoms with Gasteiger partial charge in [-0.25, -0.2) is 4.79 Å². The van der Waals surface area contributed by atoms with Crippen LogP contribution < -0.4 is 0 Å². The molecule has 1 amide bonds. The summed E-state index contributed by atoms with van der Waals surface area (Å²) in [6.45, 7) is 5.39. The molecule has 4 aliphatic rings. The minimum absolute atomic E-state index is 0.155. The van der Waals surface area contributed by atoms with Crippen LogP contribution in [0, 0.1) is 17.8 Å². The summed E-state index contributed by atoms with van der Waals surface area (Å²) in [6.07, 6.45) is 7.08. The first-order valence-corrected chi connectivity index (χ1v) is 9.54. The number of allylic oxidation sites excluding steroid dienone is 1. The number of methoxy groups -OCH3 is 1. The van der Waals surface area contributed by atoms with Crippen molar-refractivity contribution in [1.29, 1.82) is 0 Å². The van der Waals surface area contributed by atoms with Gasteiger partial charge in [0.25, 0.3) is 0 Å². The molecular weight excluding hydrogens is 312 g/mol. The number of carbonyl (C=O) groups is 1. The molecule has 0 radical (unpaired) electrons. The van der Waals surface area contributed by atoms with Crippen molar-refractivity contribution in [3.8, 4) is 0 Å². The zero-order chi connectivity index (χ0) is 17.0. The Morgan fingerprint density at radius 3 is 2.64 bits per heavy atom. The predicted molar refractivity (Wildman–Crippen MR) is 97.3 cm³/mol. The monoisotopic (exact) mass is 338 g/mol. The lowest BCUT2D eigenvalue weighted by molar-refractivity contribution is 0.122. The molecule has 25 heavy (non-hydrogen) atoms. The summed E-state index contributed by atoms with van der Waals surface area (Å²) < 4.78 is 4.84. The van der Waals surface area contributed by atoms with Crippen molar-refractivity contribution in [2.75, 3.05) is 39.8 Å². The second-order valence-corrected chi connectivity index (χ2v) is 8.24. The molecule has 1 unspecified atom stereocenters. The molecule has 1 aromatic carbocycles. The number of piperidine rings is 2. The van der Waals surface area contributed by atoms with E-state index in [4.69, 9.17) is 4.74 Å². The van der Waals surface area contributed by atoms with Crippen LogP contribution in [-0.4, -0.2) is 55.7 Å².